The second-order valence-electron chi connectivity index (χ2n) is 3.66. The topological polar surface area (TPSA) is 46.5 Å². The molecule has 3 nitrogen and oxygen atoms in total. The number of rotatable bonds is 6. The van der Waals surface area contributed by atoms with Gasteiger partial charge in [0.2, 0.25) is 0 Å². The van der Waals surface area contributed by atoms with E-state index in [0.717, 1.165) is 17.3 Å². The monoisotopic (exact) mass is 320 g/mol. The van der Waals surface area contributed by atoms with Crippen LogP contribution in [-0.2, 0) is 4.79 Å². The molecular weight excluding hydrogens is 307 g/mol. The average Bonchev–Trinajstić information content (AvgIpc) is 2.28. The predicted molar refractivity (Wildman–Crippen MR) is 70.7 cm³/mol. The van der Waals surface area contributed by atoms with Crippen LogP contribution in [-0.4, -0.2) is 17.2 Å². The van der Waals surface area contributed by atoms with Crippen LogP contribution in [0.5, 0.6) is 5.75 Å². The van der Waals surface area contributed by atoms with Crippen molar-refractivity contribution in [2.75, 3.05) is 0 Å². The highest BCUT2D eigenvalue weighted by molar-refractivity contribution is 9.10. The maximum absolute atomic E-state index is 11.0. The third-order valence-electron chi connectivity index (χ3n) is 2.26. The van der Waals surface area contributed by atoms with Crippen LogP contribution in [0, 0.1) is 0 Å². The molecule has 0 aliphatic heterocycles. The van der Waals surface area contributed by atoms with Gasteiger partial charge in [0.15, 0.2) is 6.10 Å². The molecule has 1 unspecified atom stereocenters. The third kappa shape index (κ3) is 4.56. The lowest BCUT2D eigenvalue weighted by atomic mass is 10.1. The molecule has 0 heterocycles. The summed E-state index contributed by atoms with van der Waals surface area (Å²) in [6, 6.07) is 5.11. The fourth-order valence-electron chi connectivity index (χ4n) is 1.34. The fourth-order valence-corrected chi connectivity index (χ4v) is 1.85. The van der Waals surface area contributed by atoms with Gasteiger partial charge in [-0.05, 0) is 31.0 Å². The van der Waals surface area contributed by atoms with Gasteiger partial charge in [-0.3, -0.25) is 0 Å². The van der Waals surface area contributed by atoms with Crippen LogP contribution in [0.3, 0.4) is 0 Å². The summed E-state index contributed by atoms with van der Waals surface area (Å²) in [5.41, 5.74) is 0. The van der Waals surface area contributed by atoms with Crippen molar-refractivity contribution in [1.82, 2.24) is 0 Å². The first kappa shape index (κ1) is 14.3. The quantitative estimate of drug-likeness (QED) is 0.857. The standard InChI is InChI=1S/C12H14BrClO3/c1-2-3-4-10(12(15)16)17-11-7-8(13)5-6-9(11)14/h5-7,10H,2-4H2,1H3,(H,15,16). The highest BCUT2D eigenvalue weighted by atomic mass is 79.9. The number of unbranched alkanes of at least 4 members (excludes halogenated alkanes) is 1. The van der Waals surface area contributed by atoms with Gasteiger partial charge >= 0.3 is 5.97 Å². The van der Waals surface area contributed by atoms with Crippen molar-refractivity contribution in [3.05, 3.63) is 27.7 Å². The lowest BCUT2D eigenvalue weighted by Gasteiger charge is -2.15. The fraction of sp³-hybridized carbons (Fsp3) is 0.417. The first-order chi connectivity index (χ1) is 8.04. The lowest BCUT2D eigenvalue weighted by Crippen LogP contribution is -2.27. The van der Waals surface area contributed by atoms with Gasteiger partial charge in [0.05, 0.1) is 5.02 Å². The smallest absolute Gasteiger partial charge is 0.344 e. The number of carbonyl (C=O) groups is 1. The van der Waals surface area contributed by atoms with E-state index in [0.29, 0.717) is 17.2 Å². The molecule has 5 heteroatoms. The summed E-state index contributed by atoms with van der Waals surface area (Å²) >= 11 is 9.23. The molecule has 94 valence electrons. The molecule has 0 amide bonds. The van der Waals surface area contributed by atoms with Crippen LogP contribution >= 0.6 is 27.5 Å². The maximum Gasteiger partial charge on any atom is 0.344 e. The normalized spacial score (nSPS) is 12.2. The third-order valence-corrected chi connectivity index (χ3v) is 3.06. The van der Waals surface area contributed by atoms with Crippen molar-refractivity contribution in [3.8, 4) is 5.75 Å². The van der Waals surface area contributed by atoms with Crippen molar-refractivity contribution < 1.29 is 14.6 Å². The lowest BCUT2D eigenvalue weighted by molar-refractivity contribution is -0.145. The van der Waals surface area contributed by atoms with E-state index in [4.69, 9.17) is 21.4 Å². The van der Waals surface area contributed by atoms with Crippen LogP contribution in [0.2, 0.25) is 5.02 Å². The van der Waals surface area contributed by atoms with Gasteiger partial charge in [-0.1, -0.05) is 40.9 Å². The Morgan fingerprint density at radius 2 is 2.29 bits per heavy atom. The zero-order valence-electron chi connectivity index (χ0n) is 9.45. The summed E-state index contributed by atoms with van der Waals surface area (Å²) in [6.07, 6.45) is 1.37. The molecule has 0 saturated carbocycles. The molecular formula is C12H14BrClO3. The van der Waals surface area contributed by atoms with Crippen LogP contribution < -0.4 is 4.74 Å². The van der Waals surface area contributed by atoms with E-state index in [1.165, 1.54) is 0 Å². The van der Waals surface area contributed by atoms with Gasteiger partial charge in [0.1, 0.15) is 5.75 Å². The molecule has 17 heavy (non-hydrogen) atoms. The van der Waals surface area contributed by atoms with Gasteiger partial charge in [-0.25, -0.2) is 4.79 Å². The predicted octanol–water partition coefficient (Wildman–Crippen LogP) is 4.12. The van der Waals surface area contributed by atoms with E-state index in [-0.39, 0.29) is 0 Å². The molecule has 0 aliphatic rings. The minimum atomic E-state index is -0.963. The van der Waals surface area contributed by atoms with Crippen molar-refractivity contribution >= 4 is 33.5 Å². The summed E-state index contributed by atoms with van der Waals surface area (Å²) in [6.45, 7) is 2.00. The van der Waals surface area contributed by atoms with Crippen molar-refractivity contribution in [1.29, 1.82) is 0 Å². The zero-order valence-corrected chi connectivity index (χ0v) is 11.8. The number of hydrogen-bond acceptors (Lipinski definition) is 2. The minimum Gasteiger partial charge on any atom is -0.479 e. The van der Waals surface area contributed by atoms with E-state index in [1.807, 2.05) is 6.92 Å². The van der Waals surface area contributed by atoms with Gasteiger partial charge < -0.3 is 9.84 Å². The Balaban J connectivity index is 2.78. The first-order valence-corrected chi connectivity index (χ1v) is 6.56. The number of ether oxygens (including phenoxy) is 1. The van der Waals surface area contributed by atoms with E-state index in [2.05, 4.69) is 15.9 Å². The molecule has 1 N–H and O–H groups in total. The zero-order chi connectivity index (χ0) is 12.8. The molecule has 0 saturated heterocycles. The number of carboxylic acid groups (broad SMARTS) is 1. The van der Waals surface area contributed by atoms with E-state index < -0.39 is 12.1 Å². The molecule has 0 aliphatic carbocycles. The molecule has 0 radical (unpaired) electrons. The van der Waals surface area contributed by atoms with Crippen LogP contribution in [0.1, 0.15) is 26.2 Å². The van der Waals surface area contributed by atoms with E-state index in [1.54, 1.807) is 18.2 Å². The Hall–Kier alpha value is -0.740. The second-order valence-corrected chi connectivity index (χ2v) is 4.98. The van der Waals surface area contributed by atoms with E-state index in [9.17, 15) is 4.79 Å². The largest absolute Gasteiger partial charge is 0.479 e. The number of hydrogen-bond donors (Lipinski definition) is 1. The summed E-state index contributed by atoms with van der Waals surface area (Å²) in [5.74, 6) is -0.570. The Morgan fingerprint density at radius 3 is 2.88 bits per heavy atom. The Morgan fingerprint density at radius 1 is 1.59 bits per heavy atom. The SMILES string of the molecule is CCCCC(Oc1cc(Br)ccc1Cl)C(=O)O. The maximum atomic E-state index is 11.0. The van der Waals surface area contributed by atoms with Gasteiger partial charge in [0, 0.05) is 4.47 Å². The number of aliphatic carboxylic acids is 1. The van der Waals surface area contributed by atoms with Crippen molar-refractivity contribution in [3.63, 3.8) is 0 Å². The highest BCUT2D eigenvalue weighted by Gasteiger charge is 2.19. The molecule has 1 aromatic carbocycles. The number of benzene rings is 1. The molecule has 0 bridgehead atoms. The molecule has 1 atom stereocenters. The van der Waals surface area contributed by atoms with Gasteiger partial charge in [0.25, 0.3) is 0 Å². The Bertz CT molecular complexity index is 395. The Kier molecular flexibility index (Phi) is 5.78. The summed E-state index contributed by atoms with van der Waals surface area (Å²) in [5, 5.41) is 9.45. The summed E-state index contributed by atoms with van der Waals surface area (Å²) in [4.78, 5) is 11.0. The first-order valence-electron chi connectivity index (χ1n) is 5.39. The van der Waals surface area contributed by atoms with E-state index >= 15 is 0 Å². The van der Waals surface area contributed by atoms with Crippen LogP contribution in [0.15, 0.2) is 22.7 Å². The molecule has 0 aromatic heterocycles. The van der Waals surface area contributed by atoms with Gasteiger partial charge in [-0.2, -0.15) is 0 Å². The average molecular weight is 322 g/mol. The summed E-state index contributed by atoms with van der Waals surface area (Å²) < 4.78 is 6.23. The van der Waals surface area contributed by atoms with Crippen LogP contribution in [0.25, 0.3) is 0 Å². The second kappa shape index (κ2) is 6.87. The Labute approximate surface area is 114 Å². The highest BCUT2D eigenvalue weighted by Crippen LogP contribution is 2.29. The van der Waals surface area contributed by atoms with Gasteiger partial charge in [-0.15, -0.1) is 0 Å². The molecule has 0 spiro atoms. The van der Waals surface area contributed by atoms with Crippen molar-refractivity contribution in [2.45, 2.75) is 32.3 Å². The molecule has 1 aromatic rings. The number of carboxylic acids is 1. The molecule has 0 fully saturated rings. The minimum absolute atomic E-state index is 0.393. The molecule has 1 rings (SSSR count). The summed E-state index contributed by atoms with van der Waals surface area (Å²) in [7, 11) is 0. The number of halogens is 2. The van der Waals surface area contributed by atoms with Crippen molar-refractivity contribution in [2.24, 2.45) is 0 Å². The van der Waals surface area contributed by atoms with Crippen LogP contribution in [0.4, 0.5) is 0 Å².